The van der Waals surface area contributed by atoms with Gasteiger partial charge in [-0.25, -0.2) is 0 Å². The summed E-state index contributed by atoms with van der Waals surface area (Å²) >= 11 is 0. The van der Waals surface area contributed by atoms with Crippen LogP contribution in [0.25, 0.3) is 0 Å². The average molecular weight is 323 g/mol. The van der Waals surface area contributed by atoms with Crippen LogP contribution in [0.4, 0.5) is 5.69 Å². The molecule has 2 heterocycles. The summed E-state index contributed by atoms with van der Waals surface area (Å²) in [6.45, 7) is 3.07. The SMILES string of the molecule is CCc1ccc2c(c1)[C@@H]1OCCC[C@@H]1[C@H](c1ccc(OC)cc1)N2. The van der Waals surface area contributed by atoms with Crippen LogP contribution >= 0.6 is 0 Å². The van der Waals surface area contributed by atoms with Crippen molar-refractivity contribution in [1.29, 1.82) is 0 Å². The molecule has 1 N–H and O–H groups in total. The lowest BCUT2D eigenvalue weighted by atomic mass is 9.77. The van der Waals surface area contributed by atoms with Gasteiger partial charge in [-0.1, -0.05) is 31.2 Å². The molecular formula is C21H25NO2. The Morgan fingerprint density at radius 1 is 1.17 bits per heavy atom. The first-order valence-corrected chi connectivity index (χ1v) is 8.95. The van der Waals surface area contributed by atoms with E-state index in [1.165, 1.54) is 28.8 Å². The number of methoxy groups -OCH3 is 1. The minimum atomic E-state index is 0.202. The van der Waals surface area contributed by atoms with Crippen LogP contribution < -0.4 is 10.1 Å². The van der Waals surface area contributed by atoms with Crippen LogP contribution in [0.1, 0.15) is 48.6 Å². The monoisotopic (exact) mass is 323 g/mol. The van der Waals surface area contributed by atoms with E-state index in [0.29, 0.717) is 12.0 Å². The van der Waals surface area contributed by atoms with E-state index >= 15 is 0 Å². The Morgan fingerprint density at radius 2 is 2.00 bits per heavy atom. The Hall–Kier alpha value is -2.00. The lowest BCUT2D eigenvalue weighted by Crippen LogP contribution is -2.36. The molecule has 0 spiro atoms. The number of hydrogen-bond donors (Lipinski definition) is 1. The largest absolute Gasteiger partial charge is 0.497 e. The molecule has 1 saturated heterocycles. The van der Waals surface area contributed by atoms with Gasteiger partial charge >= 0.3 is 0 Å². The summed E-state index contributed by atoms with van der Waals surface area (Å²) in [5.74, 6) is 1.38. The van der Waals surface area contributed by atoms with Crippen molar-refractivity contribution in [2.24, 2.45) is 5.92 Å². The topological polar surface area (TPSA) is 30.5 Å². The van der Waals surface area contributed by atoms with Crippen molar-refractivity contribution in [1.82, 2.24) is 0 Å². The van der Waals surface area contributed by atoms with Crippen LogP contribution in [0.3, 0.4) is 0 Å². The number of fused-ring (bicyclic) bond motifs is 3. The molecule has 0 aliphatic carbocycles. The van der Waals surface area contributed by atoms with E-state index in [2.05, 4.69) is 42.6 Å². The third kappa shape index (κ3) is 2.67. The first-order chi connectivity index (χ1) is 11.8. The molecule has 0 bridgehead atoms. The minimum Gasteiger partial charge on any atom is -0.497 e. The minimum absolute atomic E-state index is 0.202. The first kappa shape index (κ1) is 15.5. The lowest BCUT2D eigenvalue weighted by Gasteiger charge is -2.43. The van der Waals surface area contributed by atoms with Crippen LogP contribution in [0.5, 0.6) is 5.75 Å². The summed E-state index contributed by atoms with van der Waals surface area (Å²) in [6.07, 6.45) is 3.60. The van der Waals surface area contributed by atoms with Crippen molar-refractivity contribution in [2.75, 3.05) is 19.0 Å². The molecule has 0 amide bonds. The van der Waals surface area contributed by atoms with Gasteiger partial charge in [-0.3, -0.25) is 0 Å². The zero-order valence-electron chi connectivity index (χ0n) is 14.4. The Bertz CT molecular complexity index is 710. The molecule has 126 valence electrons. The van der Waals surface area contributed by atoms with Crippen molar-refractivity contribution >= 4 is 5.69 Å². The normalized spacial score (nSPS) is 25.3. The number of aryl methyl sites for hydroxylation is 1. The number of ether oxygens (including phenoxy) is 2. The fourth-order valence-corrected chi connectivity index (χ4v) is 4.08. The van der Waals surface area contributed by atoms with Gasteiger partial charge in [0.15, 0.2) is 0 Å². The molecule has 24 heavy (non-hydrogen) atoms. The molecule has 0 unspecified atom stereocenters. The van der Waals surface area contributed by atoms with Gasteiger partial charge in [0.05, 0.1) is 19.3 Å². The first-order valence-electron chi connectivity index (χ1n) is 8.95. The van der Waals surface area contributed by atoms with Gasteiger partial charge in [-0.2, -0.15) is 0 Å². The maximum atomic E-state index is 6.24. The molecule has 2 aliphatic rings. The predicted octanol–water partition coefficient (Wildman–Crippen LogP) is 4.89. The zero-order valence-corrected chi connectivity index (χ0v) is 14.4. The highest BCUT2D eigenvalue weighted by atomic mass is 16.5. The highest BCUT2D eigenvalue weighted by Crippen LogP contribution is 2.49. The van der Waals surface area contributed by atoms with Gasteiger partial charge in [0, 0.05) is 23.8 Å². The van der Waals surface area contributed by atoms with Gasteiger partial charge in [-0.05, 0) is 48.6 Å². The van der Waals surface area contributed by atoms with Crippen molar-refractivity contribution in [3.05, 3.63) is 59.2 Å². The number of anilines is 1. The summed E-state index contributed by atoms with van der Waals surface area (Å²) in [4.78, 5) is 0. The molecule has 4 rings (SSSR count). The molecular weight excluding hydrogens is 298 g/mol. The standard InChI is InChI=1S/C21H25NO2/c1-3-14-6-11-19-18(13-14)21-17(5-4-12-24-21)20(22-19)15-7-9-16(23-2)10-8-15/h6-11,13,17,20-22H,3-5,12H2,1-2H3/t17-,20+,21-/m1/s1. The van der Waals surface area contributed by atoms with E-state index < -0.39 is 0 Å². The maximum absolute atomic E-state index is 6.24. The Labute approximate surface area is 144 Å². The molecule has 0 radical (unpaired) electrons. The number of rotatable bonds is 3. The summed E-state index contributed by atoms with van der Waals surface area (Å²) in [5, 5.41) is 3.78. The van der Waals surface area contributed by atoms with E-state index in [4.69, 9.17) is 9.47 Å². The van der Waals surface area contributed by atoms with Gasteiger partial charge in [0.1, 0.15) is 5.75 Å². The van der Waals surface area contributed by atoms with Gasteiger partial charge in [-0.15, -0.1) is 0 Å². The van der Waals surface area contributed by atoms with E-state index in [9.17, 15) is 0 Å². The van der Waals surface area contributed by atoms with E-state index in [1.807, 2.05) is 12.1 Å². The van der Waals surface area contributed by atoms with Crippen molar-refractivity contribution < 1.29 is 9.47 Å². The summed E-state index contributed by atoms with van der Waals surface area (Å²) in [7, 11) is 1.71. The van der Waals surface area contributed by atoms with Gasteiger partial charge < -0.3 is 14.8 Å². The molecule has 2 aliphatic heterocycles. The summed E-state index contributed by atoms with van der Waals surface area (Å²) < 4.78 is 11.5. The molecule has 1 fully saturated rings. The summed E-state index contributed by atoms with van der Waals surface area (Å²) in [5.41, 5.74) is 5.24. The van der Waals surface area contributed by atoms with Crippen molar-refractivity contribution in [2.45, 2.75) is 38.3 Å². The molecule has 3 atom stereocenters. The number of hydrogen-bond acceptors (Lipinski definition) is 3. The second kappa shape index (κ2) is 6.48. The van der Waals surface area contributed by atoms with E-state index in [1.54, 1.807) is 7.11 Å². The van der Waals surface area contributed by atoms with E-state index in [0.717, 1.165) is 25.2 Å². The zero-order chi connectivity index (χ0) is 16.5. The lowest BCUT2D eigenvalue weighted by molar-refractivity contribution is -0.0381. The third-order valence-electron chi connectivity index (χ3n) is 5.41. The predicted molar refractivity (Wildman–Crippen MR) is 96.6 cm³/mol. The van der Waals surface area contributed by atoms with Crippen LogP contribution in [0.2, 0.25) is 0 Å². The second-order valence-corrected chi connectivity index (χ2v) is 6.77. The third-order valence-corrected chi connectivity index (χ3v) is 5.41. The highest BCUT2D eigenvalue weighted by molar-refractivity contribution is 5.58. The number of nitrogens with one attached hydrogen (secondary N) is 1. The molecule has 2 aromatic rings. The van der Waals surface area contributed by atoms with Gasteiger partial charge in [0.25, 0.3) is 0 Å². The fourth-order valence-electron chi connectivity index (χ4n) is 4.08. The number of benzene rings is 2. The van der Waals surface area contributed by atoms with Crippen LogP contribution in [0.15, 0.2) is 42.5 Å². The van der Waals surface area contributed by atoms with E-state index in [-0.39, 0.29) is 6.10 Å². The Kier molecular flexibility index (Phi) is 4.19. The Balaban J connectivity index is 1.72. The van der Waals surface area contributed by atoms with Crippen LogP contribution in [-0.2, 0) is 11.2 Å². The van der Waals surface area contributed by atoms with Crippen LogP contribution in [0, 0.1) is 5.92 Å². The second-order valence-electron chi connectivity index (χ2n) is 6.77. The highest BCUT2D eigenvalue weighted by Gasteiger charge is 2.39. The van der Waals surface area contributed by atoms with Gasteiger partial charge in [0.2, 0.25) is 0 Å². The van der Waals surface area contributed by atoms with Crippen LogP contribution in [-0.4, -0.2) is 13.7 Å². The van der Waals surface area contributed by atoms with Crippen molar-refractivity contribution in [3.63, 3.8) is 0 Å². The fraction of sp³-hybridized carbons (Fsp3) is 0.429. The summed E-state index contributed by atoms with van der Waals surface area (Å²) in [6, 6.07) is 15.5. The average Bonchev–Trinajstić information content (AvgIpc) is 2.67. The quantitative estimate of drug-likeness (QED) is 0.872. The Morgan fingerprint density at radius 3 is 2.75 bits per heavy atom. The smallest absolute Gasteiger partial charge is 0.118 e. The molecule has 0 saturated carbocycles. The maximum Gasteiger partial charge on any atom is 0.118 e. The molecule has 0 aromatic heterocycles. The molecule has 3 nitrogen and oxygen atoms in total. The van der Waals surface area contributed by atoms with Crippen molar-refractivity contribution in [3.8, 4) is 5.75 Å². The molecule has 2 aromatic carbocycles. The molecule has 3 heteroatoms.